The minimum atomic E-state index is 0.585. The molecule has 0 amide bonds. The molecule has 0 spiro atoms. The lowest BCUT2D eigenvalue weighted by atomic mass is 10.0. The second-order valence-corrected chi connectivity index (χ2v) is 7.43. The van der Waals surface area contributed by atoms with Gasteiger partial charge in [-0.05, 0) is 47.5 Å². The molecule has 2 nitrogen and oxygen atoms in total. The van der Waals surface area contributed by atoms with Crippen molar-refractivity contribution in [2.75, 3.05) is 0 Å². The number of benzene rings is 3. The van der Waals surface area contributed by atoms with Crippen LogP contribution in [0.4, 0.5) is 0 Å². The van der Waals surface area contributed by atoms with Crippen LogP contribution in [0.3, 0.4) is 0 Å². The van der Waals surface area contributed by atoms with Gasteiger partial charge in [-0.25, -0.2) is 0 Å². The van der Waals surface area contributed by atoms with Crippen molar-refractivity contribution < 1.29 is 0 Å². The fourth-order valence-corrected chi connectivity index (χ4v) is 4.45. The average Bonchev–Trinajstić information content (AvgIpc) is 3.08. The zero-order chi connectivity index (χ0) is 18.6. The van der Waals surface area contributed by atoms with E-state index in [4.69, 9.17) is 11.0 Å². The fraction of sp³-hybridized carbons (Fsp3) is 0.0417. The lowest BCUT2D eigenvalue weighted by Gasteiger charge is -2.01. The maximum absolute atomic E-state index is 9.10. The van der Waals surface area contributed by atoms with E-state index in [0.717, 1.165) is 0 Å². The molecule has 0 unspecified atom stereocenters. The van der Waals surface area contributed by atoms with E-state index in [-0.39, 0.29) is 0 Å². The van der Waals surface area contributed by atoms with E-state index >= 15 is 0 Å². The van der Waals surface area contributed by atoms with Crippen molar-refractivity contribution in [1.29, 1.82) is 5.26 Å². The maximum Gasteiger partial charge on any atom is 0.0988 e. The summed E-state index contributed by atoms with van der Waals surface area (Å²) in [6.07, 6.45) is 5.65. The van der Waals surface area contributed by atoms with Crippen LogP contribution in [0.15, 0.2) is 90.7 Å². The number of allylic oxidation sites excluding steroid dienone is 3. The maximum atomic E-state index is 9.10. The summed E-state index contributed by atoms with van der Waals surface area (Å²) in [6.45, 7) is 0. The summed E-state index contributed by atoms with van der Waals surface area (Å²) < 4.78 is 2.57. The normalized spacial score (nSPS) is 12.0. The molecular formula is C24H18N2S. The molecule has 1 aromatic heterocycles. The molecule has 0 bridgehead atoms. The van der Waals surface area contributed by atoms with Gasteiger partial charge < -0.3 is 5.73 Å². The van der Waals surface area contributed by atoms with E-state index in [0.29, 0.717) is 12.0 Å². The van der Waals surface area contributed by atoms with Crippen LogP contribution in [-0.4, -0.2) is 0 Å². The van der Waals surface area contributed by atoms with E-state index in [1.54, 1.807) is 6.08 Å². The second-order valence-electron chi connectivity index (χ2n) is 6.34. The molecule has 0 atom stereocenters. The van der Waals surface area contributed by atoms with Crippen LogP contribution in [0.1, 0.15) is 5.56 Å². The largest absolute Gasteiger partial charge is 0.405 e. The van der Waals surface area contributed by atoms with E-state index in [2.05, 4.69) is 66.7 Å². The van der Waals surface area contributed by atoms with Gasteiger partial charge in [0, 0.05) is 25.7 Å². The summed E-state index contributed by atoms with van der Waals surface area (Å²) in [6, 6.07) is 25.8. The molecule has 0 radical (unpaired) electrons. The molecule has 2 N–H and O–H groups in total. The Kier molecular flexibility index (Phi) is 4.74. The Labute approximate surface area is 162 Å². The third-order valence-corrected chi connectivity index (χ3v) is 5.72. The average molecular weight is 366 g/mol. The number of hydrogen-bond acceptors (Lipinski definition) is 3. The minimum Gasteiger partial charge on any atom is -0.405 e. The van der Waals surface area contributed by atoms with Crippen molar-refractivity contribution >= 4 is 31.5 Å². The summed E-state index contributed by atoms with van der Waals surface area (Å²) in [5.74, 6) is 0. The second kappa shape index (κ2) is 7.49. The van der Waals surface area contributed by atoms with Gasteiger partial charge in [-0.3, -0.25) is 0 Å². The van der Waals surface area contributed by atoms with E-state index < -0.39 is 0 Å². The van der Waals surface area contributed by atoms with Crippen molar-refractivity contribution in [3.05, 3.63) is 96.2 Å². The smallest absolute Gasteiger partial charge is 0.0988 e. The molecule has 0 fully saturated rings. The number of nitrogens with two attached hydrogens (primary N) is 1. The molecule has 4 aromatic rings. The predicted octanol–water partition coefficient (Wildman–Crippen LogP) is 6.19. The first-order valence-electron chi connectivity index (χ1n) is 8.77. The Balaban J connectivity index is 1.72. The number of rotatable bonds is 4. The van der Waals surface area contributed by atoms with Crippen LogP contribution in [0.2, 0.25) is 0 Å². The van der Waals surface area contributed by atoms with Crippen LogP contribution in [0, 0.1) is 11.3 Å². The SMILES string of the molecule is N#CC(/C=C\N)=C/Cc1ccc2c(c1)sc1cc(-c3ccccc3)ccc12. The lowest BCUT2D eigenvalue weighted by molar-refractivity contribution is 1.27. The standard InChI is InChI=1S/C24H18N2S/c25-13-12-18(16-26)7-6-17-8-10-21-22-11-9-20(19-4-2-1-3-5-19)15-24(22)27-23(21)14-17/h1-5,7-15H,6,25H2/b13-12-,18-7+. The summed E-state index contributed by atoms with van der Waals surface area (Å²) >= 11 is 1.82. The molecule has 3 aromatic carbocycles. The van der Waals surface area contributed by atoms with E-state index in [1.807, 2.05) is 23.5 Å². The summed E-state index contributed by atoms with van der Waals surface area (Å²) in [5, 5.41) is 11.7. The van der Waals surface area contributed by atoms with Gasteiger partial charge in [0.25, 0.3) is 0 Å². The lowest BCUT2D eigenvalue weighted by Crippen LogP contribution is -1.84. The van der Waals surface area contributed by atoms with Gasteiger partial charge in [0.15, 0.2) is 0 Å². The third kappa shape index (κ3) is 3.48. The molecule has 0 aliphatic carbocycles. The Hall–Kier alpha value is -3.35. The van der Waals surface area contributed by atoms with Crippen molar-refractivity contribution in [3.8, 4) is 17.2 Å². The highest BCUT2D eigenvalue weighted by molar-refractivity contribution is 7.25. The highest BCUT2D eigenvalue weighted by Gasteiger charge is 2.07. The Morgan fingerprint density at radius 2 is 1.67 bits per heavy atom. The Morgan fingerprint density at radius 3 is 2.41 bits per heavy atom. The molecule has 0 aliphatic rings. The van der Waals surface area contributed by atoms with Crippen LogP contribution < -0.4 is 5.73 Å². The van der Waals surface area contributed by atoms with Gasteiger partial charge in [-0.2, -0.15) is 5.26 Å². The van der Waals surface area contributed by atoms with Crippen molar-refractivity contribution in [3.63, 3.8) is 0 Å². The van der Waals surface area contributed by atoms with Crippen molar-refractivity contribution in [2.45, 2.75) is 6.42 Å². The summed E-state index contributed by atoms with van der Waals surface area (Å²) in [5.41, 5.74) is 9.63. The van der Waals surface area contributed by atoms with Crippen molar-refractivity contribution in [1.82, 2.24) is 0 Å². The summed E-state index contributed by atoms with van der Waals surface area (Å²) in [7, 11) is 0. The number of hydrogen-bond donors (Lipinski definition) is 1. The highest BCUT2D eigenvalue weighted by Crippen LogP contribution is 2.36. The fourth-order valence-electron chi connectivity index (χ4n) is 3.24. The first-order chi connectivity index (χ1) is 13.3. The van der Waals surface area contributed by atoms with Gasteiger partial charge in [0.05, 0.1) is 6.07 Å². The highest BCUT2D eigenvalue weighted by atomic mass is 32.1. The molecular weight excluding hydrogens is 348 g/mol. The van der Waals surface area contributed by atoms with Gasteiger partial charge in [-0.1, -0.05) is 60.7 Å². The molecule has 0 saturated carbocycles. The first-order valence-corrected chi connectivity index (χ1v) is 9.59. The molecule has 27 heavy (non-hydrogen) atoms. The van der Waals surface area contributed by atoms with E-state index in [9.17, 15) is 0 Å². The van der Waals surface area contributed by atoms with Crippen LogP contribution in [0.5, 0.6) is 0 Å². The van der Waals surface area contributed by atoms with Gasteiger partial charge in [0.1, 0.15) is 0 Å². The molecule has 130 valence electrons. The molecule has 0 saturated heterocycles. The van der Waals surface area contributed by atoms with Gasteiger partial charge in [-0.15, -0.1) is 11.3 Å². The van der Waals surface area contributed by atoms with E-state index in [1.165, 1.54) is 43.1 Å². The zero-order valence-corrected chi connectivity index (χ0v) is 15.5. The Bertz CT molecular complexity index is 1210. The number of nitriles is 1. The quantitative estimate of drug-likeness (QED) is 0.346. The zero-order valence-electron chi connectivity index (χ0n) is 14.7. The predicted molar refractivity (Wildman–Crippen MR) is 115 cm³/mol. The monoisotopic (exact) mass is 366 g/mol. The number of fused-ring (bicyclic) bond motifs is 3. The molecule has 0 aliphatic heterocycles. The molecule has 1 heterocycles. The van der Waals surface area contributed by atoms with Crippen molar-refractivity contribution in [2.24, 2.45) is 5.73 Å². The first kappa shape index (κ1) is 17.1. The van der Waals surface area contributed by atoms with Gasteiger partial charge in [0.2, 0.25) is 0 Å². The molecule has 3 heteroatoms. The third-order valence-electron chi connectivity index (χ3n) is 4.61. The van der Waals surface area contributed by atoms with Crippen LogP contribution in [-0.2, 0) is 6.42 Å². The van der Waals surface area contributed by atoms with Gasteiger partial charge >= 0.3 is 0 Å². The van der Waals surface area contributed by atoms with Crippen LogP contribution >= 0.6 is 11.3 Å². The summed E-state index contributed by atoms with van der Waals surface area (Å²) in [4.78, 5) is 0. The molecule has 4 rings (SSSR count). The number of thiophene rings is 1. The number of nitrogens with zero attached hydrogens (tertiary/aromatic N) is 1. The topological polar surface area (TPSA) is 49.8 Å². The Morgan fingerprint density at radius 1 is 0.926 bits per heavy atom. The minimum absolute atomic E-state index is 0.585. The van der Waals surface area contributed by atoms with Crippen LogP contribution in [0.25, 0.3) is 31.3 Å².